The number of anilines is 1. The van der Waals surface area contributed by atoms with Gasteiger partial charge < -0.3 is 20.1 Å². The van der Waals surface area contributed by atoms with Crippen LogP contribution in [0.4, 0.5) is 5.69 Å². The molecule has 1 amide bonds. The molecule has 5 heteroatoms. The molecule has 2 N–H and O–H groups in total. The summed E-state index contributed by atoms with van der Waals surface area (Å²) in [4.78, 5) is 14.0. The lowest BCUT2D eigenvalue weighted by atomic mass is 10.1. The molecule has 0 aliphatic carbocycles. The molecule has 1 aromatic carbocycles. The number of ether oxygens (including phenoxy) is 2. The van der Waals surface area contributed by atoms with Gasteiger partial charge in [0, 0.05) is 18.7 Å². The molecule has 0 aromatic heterocycles. The number of hydrogen-bond donors (Lipinski definition) is 1. The summed E-state index contributed by atoms with van der Waals surface area (Å²) in [6.07, 6.45) is 0. The highest BCUT2D eigenvalue weighted by atomic mass is 16.5. The van der Waals surface area contributed by atoms with Crippen molar-refractivity contribution >= 4 is 11.6 Å². The molecule has 0 radical (unpaired) electrons. The lowest BCUT2D eigenvalue weighted by molar-refractivity contribution is 0.0302. The van der Waals surface area contributed by atoms with Gasteiger partial charge in [-0.05, 0) is 25.1 Å². The van der Waals surface area contributed by atoms with Crippen LogP contribution in [0.25, 0.3) is 0 Å². The Kier molecular flexibility index (Phi) is 5.63. The molecule has 1 heterocycles. The average molecular weight is 266 g/mol. The smallest absolute Gasteiger partial charge is 0.254 e. The van der Waals surface area contributed by atoms with Crippen molar-refractivity contribution in [3.05, 3.63) is 23.8 Å². The first kappa shape index (κ1) is 15.3. The van der Waals surface area contributed by atoms with Crippen LogP contribution in [-0.4, -0.2) is 43.7 Å². The molecule has 0 atom stereocenters. The Balaban J connectivity index is 0.00000180. The number of hydrogen-bond acceptors (Lipinski definition) is 4. The fourth-order valence-electron chi connectivity index (χ4n) is 1.90. The summed E-state index contributed by atoms with van der Waals surface area (Å²) in [5.41, 5.74) is 6.94. The van der Waals surface area contributed by atoms with Crippen LogP contribution in [0.15, 0.2) is 18.2 Å². The molecule has 1 fully saturated rings. The van der Waals surface area contributed by atoms with Crippen molar-refractivity contribution < 1.29 is 14.3 Å². The summed E-state index contributed by atoms with van der Waals surface area (Å²) in [6.45, 7) is 4.87. The van der Waals surface area contributed by atoms with Gasteiger partial charge >= 0.3 is 0 Å². The summed E-state index contributed by atoms with van der Waals surface area (Å²) < 4.78 is 10.6. The molecule has 1 aromatic rings. The zero-order chi connectivity index (χ0) is 13.0. The quantitative estimate of drug-likeness (QED) is 0.847. The van der Waals surface area contributed by atoms with E-state index in [0.717, 1.165) is 0 Å². The van der Waals surface area contributed by atoms with E-state index in [9.17, 15) is 4.79 Å². The zero-order valence-corrected chi connectivity index (χ0v) is 10.5. The van der Waals surface area contributed by atoms with Crippen LogP contribution in [0.2, 0.25) is 0 Å². The van der Waals surface area contributed by atoms with Crippen molar-refractivity contribution in [2.45, 2.75) is 14.4 Å². The van der Waals surface area contributed by atoms with Crippen LogP contribution in [0.5, 0.6) is 5.75 Å². The Morgan fingerprint density at radius 1 is 1.42 bits per heavy atom. The minimum Gasteiger partial charge on any atom is -0.492 e. The number of morpholine rings is 1. The normalized spacial score (nSPS) is 14.7. The van der Waals surface area contributed by atoms with Gasteiger partial charge in [-0.3, -0.25) is 4.79 Å². The number of nitrogen functional groups attached to an aromatic ring is 1. The Hall–Kier alpha value is -1.75. The zero-order valence-electron chi connectivity index (χ0n) is 10.5. The Morgan fingerprint density at radius 3 is 2.74 bits per heavy atom. The second-order valence-corrected chi connectivity index (χ2v) is 4.09. The van der Waals surface area contributed by atoms with Crippen LogP contribution in [-0.2, 0) is 4.74 Å². The topological polar surface area (TPSA) is 64.8 Å². The van der Waals surface area contributed by atoms with Gasteiger partial charge in [0.2, 0.25) is 0 Å². The molecule has 2 rings (SSSR count). The average Bonchev–Trinajstić information content (AvgIpc) is 2.42. The summed E-state index contributed by atoms with van der Waals surface area (Å²) in [7, 11) is 0. The van der Waals surface area contributed by atoms with Gasteiger partial charge in [0.05, 0.1) is 25.5 Å². The first-order chi connectivity index (χ1) is 8.72. The van der Waals surface area contributed by atoms with Crippen LogP contribution < -0.4 is 10.5 Å². The van der Waals surface area contributed by atoms with E-state index in [1.165, 1.54) is 0 Å². The lowest BCUT2D eigenvalue weighted by Gasteiger charge is -2.27. The van der Waals surface area contributed by atoms with Crippen LogP contribution in [0.3, 0.4) is 0 Å². The van der Waals surface area contributed by atoms with Gasteiger partial charge in [0.1, 0.15) is 5.75 Å². The van der Waals surface area contributed by atoms with Gasteiger partial charge in [-0.2, -0.15) is 0 Å². The molecular formula is C14H22N2O3. The van der Waals surface area contributed by atoms with E-state index in [1.807, 2.05) is 6.92 Å². The molecular weight excluding hydrogens is 244 g/mol. The number of nitrogens with two attached hydrogens (primary N) is 1. The van der Waals surface area contributed by atoms with Crippen LogP contribution in [0, 0.1) is 0 Å². The highest BCUT2D eigenvalue weighted by Crippen LogP contribution is 2.23. The molecule has 0 saturated carbocycles. The fourth-order valence-corrected chi connectivity index (χ4v) is 1.90. The number of benzene rings is 1. The van der Waals surface area contributed by atoms with Gasteiger partial charge in [0.25, 0.3) is 5.91 Å². The molecule has 0 unspecified atom stereocenters. The Bertz CT molecular complexity index is 429. The van der Waals surface area contributed by atoms with Crippen molar-refractivity contribution in [2.24, 2.45) is 0 Å². The number of nitrogens with zero attached hydrogens (tertiary/aromatic N) is 1. The standard InChI is InChI=1S/C13H18N2O3.CH4/c1-2-18-12-9-10(3-4-11(12)14)13(16)15-5-7-17-8-6-15;/h3-4,9H,2,5-8,14H2,1H3;1H4. The van der Waals surface area contributed by atoms with Crippen molar-refractivity contribution in [2.75, 3.05) is 38.6 Å². The number of carbonyl (C=O) groups is 1. The number of carbonyl (C=O) groups excluding carboxylic acids is 1. The predicted molar refractivity (Wildman–Crippen MR) is 75.5 cm³/mol. The summed E-state index contributed by atoms with van der Waals surface area (Å²) in [6, 6.07) is 5.14. The molecule has 1 saturated heterocycles. The molecule has 0 spiro atoms. The molecule has 106 valence electrons. The predicted octanol–water partition coefficient (Wildman–Crippen LogP) is 1.78. The lowest BCUT2D eigenvalue weighted by Crippen LogP contribution is -2.40. The summed E-state index contributed by atoms with van der Waals surface area (Å²) in [5.74, 6) is 0.566. The Morgan fingerprint density at radius 2 is 2.11 bits per heavy atom. The van der Waals surface area contributed by atoms with Crippen LogP contribution >= 0.6 is 0 Å². The van der Waals surface area contributed by atoms with E-state index < -0.39 is 0 Å². The van der Waals surface area contributed by atoms with Crippen molar-refractivity contribution in [1.82, 2.24) is 4.90 Å². The molecule has 19 heavy (non-hydrogen) atoms. The van der Waals surface area contributed by atoms with Gasteiger partial charge in [-0.15, -0.1) is 0 Å². The monoisotopic (exact) mass is 266 g/mol. The third-order valence-corrected chi connectivity index (χ3v) is 2.86. The SMILES string of the molecule is C.CCOc1cc(C(=O)N2CCOCC2)ccc1N. The van der Waals surface area contributed by atoms with E-state index in [4.69, 9.17) is 15.2 Å². The first-order valence-electron chi connectivity index (χ1n) is 6.11. The van der Waals surface area contributed by atoms with E-state index in [2.05, 4.69) is 0 Å². The Labute approximate surface area is 114 Å². The maximum absolute atomic E-state index is 12.2. The minimum absolute atomic E-state index is 0. The van der Waals surface area contributed by atoms with Crippen LogP contribution in [0.1, 0.15) is 24.7 Å². The maximum atomic E-state index is 12.2. The van der Waals surface area contributed by atoms with E-state index in [0.29, 0.717) is 49.9 Å². The molecule has 1 aliphatic rings. The number of amides is 1. The van der Waals surface area contributed by atoms with Gasteiger partial charge in [-0.25, -0.2) is 0 Å². The third-order valence-electron chi connectivity index (χ3n) is 2.86. The van der Waals surface area contributed by atoms with Crippen molar-refractivity contribution in [3.63, 3.8) is 0 Å². The highest BCUT2D eigenvalue weighted by molar-refractivity contribution is 5.95. The third kappa shape index (κ3) is 3.61. The summed E-state index contributed by atoms with van der Waals surface area (Å²) >= 11 is 0. The molecule has 0 bridgehead atoms. The molecule has 1 aliphatic heterocycles. The van der Waals surface area contributed by atoms with Gasteiger partial charge in [-0.1, -0.05) is 7.43 Å². The second kappa shape index (κ2) is 6.99. The first-order valence-corrected chi connectivity index (χ1v) is 6.11. The molecule has 5 nitrogen and oxygen atoms in total. The minimum atomic E-state index is -0.000692. The van der Waals surface area contributed by atoms with E-state index in [-0.39, 0.29) is 13.3 Å². The number of rotatable bonds is 3. The second-order valence-electron chi connectivity index (χ2n) is 4.09. The fraction of sp³-hybridized carbons (Fsp3) is 0.500. The van der Waals surface area contributed by atoms with Crippen molar-refractivity contribution in [1.29, 1.82) is 0 Å². The van der Waals surface area contributed by atoms with E-state index in [1.54, 1.807) is 23.1 Å². The summed E-state index contributed by atoms with van der Waals surface area (Å²) in [5, 5.41) is 0. The largest absolute Gasteiger partial charge is 0.492 e. The maximum Gasteiger partial charge on any atom is 0.254 e. The van der Waals surface area contributed by atoms with Crippen molar-refractivity contribution in [3.8, 4) is 5.75 Å². The highest BCUT2D eigenvalue weighted by Gasteiger charge is 2.19. The van der Waals surface area contributed by atoms with E-state index >= 15 is 0 Å². The van der Waals surface area contributed by atoms with Gasteiger partial charge in [0.15, 0.2) is 0 Å².